The molecule has 3 aromatic rings. The van der Waals surface area contributed by atoms with E-state index in [1.807, 2.05) is 0 Å². The summed E-state index contributed by atoms with van der Waals surface area (Å²) in [6, 6.07) is 20.6. The molecular formula is C22H21FN2O3S. The Hall–Kier alpha value is -3.19. The Morgan fingerprint density at radius 2 is 1.55 bits per heavy atom. The number of anilines is 1. The summed E-state index contributed by atoms with van der Waals surface area (Å²) in [6.07, 6.45) is 0. The first-order valence-corrected chi connectivity index (χ1v) is 10.4. The lowest BCUT2D eigenvalue weighted by Crippen LogP contribution is -2.27. The summed E-state index contributed by atoms with van der Waals surface area (Å²) in [5.41, 5.74) is 1.54. The van der Waals surface area contributed by atoms with E-state index in [9.17, 15) is 17.6 Å². The van der Waals surface area contributed by atoms with Gasteiger partial charge in [0, 0.05) is 26.2 Å². The molecule has 0 heterocycles. The molecule has 0 aliphatic heterocycles. The number of amides is 1. The van der Waals surface area contributed by atoms with E-state index in [0.717, 1.165) is 0 Å². The molecule has 0 radical (unpaired) electrons. The summed E-state index contributed by atoms with van der Waals surface area (Å²) in [5.74, 6) is -0.593. The molecule has 0 spiro atoms. The van der Waals surface area contributed by atoms with Gasteiger partial charge < -0.3 is 4.90 Å². The van der Waals surface area contributed by atoms with Gasteiger partial charge in [-0.25, -0.2) is 12.8 Å². The maximum absolute atomic E-state index is 13.3. The Labute approximate surface area is 170 Å². The largest absolute Gasteiger partial charge is 0.337 e. The quantitative estimate of drug-likeness (QED) is 0.617. The molecular weight excluding hydrogens is 391 g/mol. The van der Waals surface area contributed by atoms with E-state index < -0.39 is 10.0 Å². The molecule has 3 rings (SSSR count). The molecule has 7 heteroatoms. The van der Waals surface area contributed by atoms with Crippen molar-refractivity contribution in [1.29, 1.82) is 0 Å². The zero-order chi connectivity index (χ0) is 21.0. The van der Waals surface area contributed by atoms with Crippen LogP contribution in [0.3, 0.4) is 0 Å². The van der Waals surface area contributed by atoms with Gasteiger partial charge in [-0.2, -0.15) is 0 Å². The van der Waals surface area contributed by atoms with Crippen molar-refractivity contribution in [2.24, 2.45) is 0 Å². The fraction of sp³-hybridized carbons (Fsp3) is 0.136. The lowest BCUT2D eigenvalue weighted by molar-refractivity contribution is 0.0785. The number of hydrogen-bond acceptors (Lipinski definition) is 3. The number of nitrogens with zero attached hydrogens (tertiary/aromatic N) is 2. The Morgan fingerprint density at radius 3 is 2.17 bits per heavy atom. The molecule has 0 fully saturated rings. The van der Waals surface area contributed by atoms with E-state index in [1.54, 1.807) is 61.6 Å². The van der Waals surface area contributed by atoms with Crippen molar-refractivity contribution >= 4 is 21.6 Å². The van der Waals surface area contributed by atoms with Crippen molar-refractivity contribution in [3.8, 4) is 0 Å². The lowest BCUT2D eigenvalue weighted by atomic mass is 10.1. The van der Waals surface area contributed by atoms with Crippen LogP contribution >= 0.6 is 0 Å². The Bertz CT molecular complexity index is 1100. The second kappa shape index (κ2) is 8.45. The smallest absolute Gasteiger partial charge is 0.264 e. The predicted octanol–water partition coefficient (Wildman–Crippen LogP) is 3.92. The van der Waals surface area contributed by atoms with Gasteiger partial charge in [0.2, 0.25) is 0 Å². The average molecular weight is 412 g/mol. The van der Waals surface area contributed by atoms with Crippen molar-refractivity contribution < 1.29 is 17.6 Å². The van der Waals surface area contributed by atoms with Crippen LogP contribution in [-0.4, -0.2) is 33.3 Å². The minimum absolute atomic E-state index is 0.192. The molecule has 0 aliphatic rings. The van der Waals surface area contributed by atoms with Gasteiger partial charge in [0.05, 0.1) is 10.6 Å². The zero-order valence-corrected chi connectivity index (χ0v) is 16.9. The fourth-order valence-corrected chi connectivity index (χ4v) is 4.12. The number of halogens is 1. The second-order valence-corrected chi connectivity index (χ2v) is 8.59. The van der Waals surface area contributed by atoms with Crippen LogP contribution in [-0.2, 0) is 16.6 Å². The molecule has 3 aromatic carbocycles. The van der Waals surface area contributed by atoms with Crippen molar-refractivity contribution in [2.75, 3.05) is 18.4 Å². The fourth-order valence-electron chi connectivity index (χ4n) is 2.90. The van der Waals surface area contributed by atoms with Crippen molar-refractivity contribution in [1.82, 2.24) is 4.90 Å². The predicted molar refractivity (Wildman–Crippen MR) is 111 cm³/mol. The SMILES string of the molecule is CN(Cc1cccc(F)c1)C(=O)c1ccc(N(C)S(=O)(=O)c2ccccc2)cc1. The first kappa shape index (κ1) is 20.5. The highest BCUT2D eigenvalue weighted by atomic mass is 32.2. The first-order valence-electron chi connectivity index (χ1n) is 8.93. The zero-order valence-electron chi connectivity index (χ0n) is 16.1. The highest BCUT2D eigenvalue weighted by Gasteiger charge is 2.21. The normalized spacial score (nSPS) is 11.1. The molecule has 1 amide bonds. The Kier molecular flexibility index (Phi) is 5.98. The third-order valence-corrected chi connectivity index (χ3v) is 6.33. The monoisotopic (exact) mass is 412 g/mol. The van der Waals surface area contributed by atoms with E-state index in [-0.39, 0.29) is 23.2 Å². The van der Waals surface area contributed by atoms with Gasteiger partial charge in [0.25, 0.3) is 15.9 Å². The third-order valence-electron chi connectivity index (χ3n) is 4.53. The molecule has 0 unspecified atom stereocenters. The van der Waals surface area contributed by atoms with E-state index in [2.05, 4.69) is 0 Å². The molecule has 0 aliphatic carbocycles. The maximum Gasteiger partial charge on any atom is 0.264 e. The summed E-state index contributed by atoms with van der Waals surface area (Å²) >= 11 is 0. The van der Waals surface area contributed by atoms with Gasteiger partial charge in [0.15, 0.2) is 0 Å². The number of benzene rings is 3. The average Bonchev–Trinajstić information content (AvgIpc) is 2.73. The molecule has 0 saturated carbocycles. The van der Waals surface area contributed by atoms with Crippen LogP contribution in [0.5, 0.6) is 0 Å². The molecule has 0 saturated heterocycles. The summed E-state index contributed by atoms with van der Waals surface area (Å²) in [4.78, 5) is 14.3. The van der Waals surface area contributed by atoms with Crippen LogP contribution < -0.4 is 4.31 Å². The number of hydrogen-bond donors (Lipinski definition) is 0. The molecule has 0 N–H and O–H groups in total. The molecule has 5 nitrogen and oxygen atoms in total. The minimum Gasteiger partial charge on any atom is -0.337 e. The second-order valence-electron chi connectivity index (χ2n) is 6.62. The number of sulfonamides is 1. The van der Waals surface area contributed by atoms with Gasteiger partial charge in [-0.3, -0.25) is 9.10 Å². The van der Waals surface area contributed by atoms with E-state index in [1.165, 1.54) is 40.5 Å². The molecule has 0 bridgehead atoms. The van der Waals surface area contributed by atoms with E-state index >= 15 is 0 Å². The van der Waals surface area contributed by atoms with Crippen LogP contribution in [0.15, 0.2) is 83.8 Å². The molecule has 150 valence electrons. The molecule has 29 heavy (non-hydrogen) atoms. The Morgan fingerprint density at radius 1 is 0.897 bits per heavy atom. The Balaban J connectivity index is 1.74. The number of carbonyl (C=O) groups excluding carboxylic acids is 1. The van der Waals surface area contributed by atoms with E-state index in [0.29, 0.717) is 16.8 Å². The van der Waals surface area contributed by atoms with Crippen LogP contribution in [0, 0.1) is 5.82 Å². The van der Waals surface area contributed by atoms with Gasteiger partial charge in [-0.1, -0.05) is 30.3 Å². The third kappa shape index (κ3) is 4.63. The summed E-state index contributed by atoms with van der Waals surface area (Å²) < 4.78 is 39.9. The minimum atomic E-state index is -3.68. The van der Waals surface area contributed by atoms with Gasteiger partial charge in [0.1, 0.15) is 5.82 Å². The van der Waals surface area contributed by atoms with Crippen molar-refractivity contribution in [2.45, 2.75) is 11.4 Å². The standard InChI is InChI=1S/C22H21FN2O3S/c1-24(16-17-7-6-8-19(23)15-17)22(26)18-11-13-20(14-12-18)25(2)29(27,28)21-9-4-3-5-10-21/h3-15H,16H2,1-2H3. The number of carbonyl (C=O) groups is 1. The summed E-state index contributed by atoms with van der Waals surface area (Å²) in [6.45, 7) is 0.265. The summed E-state index contributed by atoms with van der Waals surface area (Å²) in [5, 5.41) is 0. The van der Waals surface area contributed by atoms with Gasteiger partial charge in [-0.05, 0) is 54.1 Å². The van der Waals surface area contributed by atoms with E-state index in [4.69, 9.17) is 0 Å². The highest BCUT2D eigenvalue weighted by Crippen LogP contribution is 2.22. The molecule has 0 aromatic heterocycles. The van der Waals surface area contributed by atoms with Crippen LogP contribution in [0.2, 0.25) is 0 Å². The van der Waals surface area contributed by atoms with Gasteiger partial charge in [-0.15, -0.1) is 0 Å². The summed E-state index contributed by atoms with van der Waals surface area (Å²) in [7, 11) is -0.584. The molecule has 0 atom stereocenters. The first-order chi connectivity index (χ1) is 13.8. The van der Waals surface area contributed by atoms with Crippen molar-refractivity contribution in [3.05, 3.63) is 95.8 Å². The maximum atomic E-state index is 13.3. The topological polar surface area (TPSA) is 57.7 Å². The number of rotatable bonds is 6. The van der Waals surface area contributed by atoms with Crippen LogP contribution in [0.25, 0.3) is 0 Å². The van der Waals surface area contributed by atoms with Gasteiger partial charge >= 0.3 is 0 Å². The van der Waals surface area contributed by atoms with Crippen LogP contribution in [0.1, 0.15) is 15.9 Å². The lowest BCUT2D eigenvalue weighted by Gasteiger charge is -2.21. The highest BCUT2D eigenvalue weighted by molar-refractivity contribution is 7.92. The van der Waals surface area contributed by atoms with Crippen LogP contribution in [0.4, 0.5) is 10.1 Å². The van der Waals surface area contributed by atoms with Crippen molar-refractivity contribution in [3.63, 3.8) is 0 Å².